The Morgan fingerprint density at radius 1 is 1.02 bits per heavy atom. The largest absolute Gasteiger partial charge is 0.507 e. The molecule has 1 N–H and O–H groups in total. The van der Waals surface area contributed by atoms with Crippen molar-refractivity contribution in [1.29, 1.82) is 0 Å². The van der Waals surface area contributed by atoms with E-state index in [1.165, 1.54) is 21.3 Å². The Labute approximate surface area is 236 Å². The molecular formula is C30H31ClFN5O3. The van der Waals surface area contributed by atoms with Gasteiger partial charge in [-0.15, -0.1) is 0 Å². The summed E-state index contributed by atoms with van der Waals surface area (Å²) in [6.07, 6.45) is 6.02. The number of hydrogen-bond acceptors (Lipinski definition) is 6. The second-order valence-electron chi connectivity index (χ2n) is 10.4. The van der Waals surface area contributed by atoms with Gasteiger partial charge < -0.3 is 19.3 Å². The maximum Gasteiger partial charge on any atom is 0.332 e. The van der Waals surface area contributed by atoms with Gasteiger partial charge in [0.05, 0.1) is 28.7 Å². The third-order valence-corrected chi connectivity index (χ3v) is 8.29. The number of nitrogens with zero attached hydrogens (tertiary/aromatic N) is 5. The molecule has 208 valence electrons. The first kappa shape index (κ1) is 26.6. The number of rotatable bonds is 5. The summed E-state index contributed by atoms with van der Waals surface area (Å²) in [6.45, 7) is 7.21. The molecule has 0 spiro atoms. The molecule has 0 saturated carbocycles. The summed E-state index contributed by atoms with van der Waals surface area (Å²) in [6, 6.07) is 10.1. The van der Waals surface area contributed by atoms with Crippen LogP contribution in [-0.4, -0.2) is 69.6 Å². The lowest BCUT2D eigenvalue weighted by Crippen LogP contribution is -2.50. The molecular weight excluding hydrogens is 533 g/mol. The molecule has 2 aliphatic heterocycles. The van der Waals surface area contributed by atoms with Crippen molar-refractivity contribution in [3.05, 3.63) is 82.0 Å². The summed E-state index contributed by atoms with van der Waals surface area (Å²) in [4.78, 5) is 21.8. The summed E-state index contributed by atoms with van der Waals surface area (Å²) in [7, 11) is 1.66. The van der Waals surface area contributed by atoms with Gasteiger partial charge in [-0.05, 0) is 49.2 Å². The highest BCUT2D eigenvalue weighted by Gasteiger charge is 2.28. The highest BCUT2D eigenvalue weighted by Crippen LogP contribution is 2.41. The van der Waals surface area contributed by atoms with E-state index >= 15 is 0 Å². The zero-order valence-corrected chi connectivity index (χ0v) is 23.2. The number of halogens is 2. The predicted molar refractivity (Wildman–Crippen MR) is 154 cm³/mol. The van der Waals surface area contributed by atoms with E-state index in [0.717, 1.165) is 57.2 Å². The van der Waals surface area contributed by atoms with Crippen molar-refractivity contribution >= 4 is 17.3 Å². The molecule has 6 rings (SSSR count). The zero-order valence-electron chi connectivity index (χ0n) is 22.5. The van der Waals surface area contributed by atoms with E-state index in [-0.39, 0.29) is 11.4 Å². The van der Waals surface area contributed by atoms with Gasteiger partial charge in [0.15, 0.2) is 0 Å². The summed E-state index contributed by atoms with van der Waals surface area (Å²) in [5.41, 5.74) is 3.94. The van der Waals surface area contributed by atoms with Crippen LogP contribution in [0.2, 0.25) is 5.02 Å². The van der Waals surface area contributed by atoms with Crippen LogP contribution in [0.4, 0.5) is 10.1 Å². The summed E-state index contributed by atoms with van der Waals surface area (Å²) in [5, 5.41) is 11.6. The van der Waals surface area contributed by atoms with Crippen molar-refractivity contribution in [2.24, 2.45) is 7.05 Å². The molecule has 4 heterocycles. The summed E-state index contributed by atoms with van der Waals surface area (Å²) in [5.74, 6) is -0.554. The highest BCUT2D eigenvalue weighted by atomic mass is 35.5. The Hall–Kier alpha value is -3.66. The molecule has 10 heteroatoms. The lowest BCUT2D eigenvalue weighted by molar-refractivity contribution is 0.139. The molecule has 0 amide bonds. The van der Waals surface area contributed by atoms with Gasteiger partial charge >= 0.3 is 5.69 Å². The second-order valence-corrected chi connectivity index (χ2v) is 10.9. The Bertz CT molecular complexity index is 1620. The van der Waals surface area contributed by atoms with Gasteiger partial charge in [0, 0.05) is 81.2 Å². The van der Waals surface area contributed by atoms with Gasteiger partial charge in [-0.2, -0.15) is 0 Å². The van der Waals surface area contributed by atoms with E-state index in [0.29, 0.717) is 39.0 Å². The second kappa shape index (κ2) is 10.7. The van der Waals surface area contributed by atoms with Gasteiger partial charge in [0.25, 0.3) is 0 Å². The number of piperazine rings is 1. The number of phenolic OH excluding ortho intramolecular Hbond substituents is 1. The first-order valence-electron chi connectivity index (χ1n) is 13.4. The van der Waals surface area contributed by atoms with Crippen molar-refractivity contribution in [3.63, 3.8) is 0 Å². The molecule has 2 fully saturated rings. The fourth-order valence-corrected chi connectivity index (χ4v) is 5.96. The van der Waals surface area contributed by atoms with Crippen LogP contribution in [-0.2, 0) is 11.8 Å². The number of imidazole rings is 1. The summed E-state index contributed by atoms with van der Waals surface area (Å²) >= 11 is 6.55. The smallest absolute Gasteiger partial charge is 0.332 e. The number of ether oxygens (including phenoxy) is 1. The van der Waals surface area contributed by atoms with Crippen LogP contribution in [0.25, 0.3) is 27.9 Å². The number of aryl methyl sites for hydroxylation is 2. The molecule has 1 atom stereocenters. The molecule has 2 aliphatic rings. The number of hydrogen-bond donors (Lipinski definition) is 1. The van der Waals surface area contributed by atoms with E-state index in [1.807, 2.05) is 13.0 Å². The van der Waals surface area contributed by atoms with E-state index in [2.05, 4.69) is 14.8 Å². The Morgan fingerprint density at radius 3 is 2.42 bits per heavy atom. The molecule has 0 radical (unpaired) electrons. The van der Waals surface area contributed by atoms with Crippen molar-refractivity contribution in [1.82, 2.24) is 19.0 Å². The number of aromatic nitrogens is 3. The number of benzene rings is 2. The number of pyridine rings is 1. The first-order chi connectivity index (χ1) is 19.3. The van der Waals surface area contributed by atoms with Crippen LogP contribution in [0, 0.1) is 12.7 Å². The molecule has 1 unspecified atom stereocenters. The van der Waals surface area contributed by atoms with Crippen LogP contribution < -0.4 is 10.6 Å². The number of aromatic hydroxyl groups is 1. The molecule has 40 heavy (non-hydrogen) atoms. The molecule has 2 saturated heterocycles. The topological polar surface area (TPSA) is 75.8 Å². The highest BCUT2D eigenvalue weighted by molar-refractivity contribution is 6.32. The van der Waals surface area contributed by atoms with Crippen LogP contribution in [0.15, 0.2) is 59.8 Å². The van der Waals surface area contributed by atoms with Crippen molar-refractivity contribution < 1.29 is 14.2 Å². The molecule has 0 aliphatic carbocycles. The van der Waals surface area contributed by atoms with Crippen LogP contribution in [0.5, 0.6) is 5.75 Å². The van der Waals surface area contributed by atoms with E-state index in [4.69, 9.17) is 16.3 Å². The third-order valence-electron chi connectivity index (χ3n) is 7.99. The van der Waals surface area contributed by atoms with Crippen molar-refractivity contribution in [2.75, 3.05) is 44.3 Å². The zero-order chi connectivity index (χ0) is 28.0. The fourth-order valence-electron chi connectivity index (χ4n) is 5.68. The maximum absolute atomic E-state index is 15.0. The van der Waals surface area contributed by atoms with Gasteiger partial charge in [-0.3, -0.25) is 14.5 Å². The van der Waals surface area contributed by atoms with Gasteiger partial charge in [-0.25, -0.2) is 9.18 Å². The molecule has 4 aromatic rings. The summed E-state index contributed by atoms with van der Waals surface area (Å²) < 4.78 is 23.4. The minimum absolute atomic E-state index is 0.0650. The molecule has 2 aromatic heterocycles. The lowest BCUT2D eigenvalue weighted by atomic mass is 9.97. The van der Waals surface area contributed by atoms with E-state index < -0.39 is 5.82 Å². The molecule has 0 bridgehead atoms. The fraction of sp³-hybridized carbons (Fsp3) is 0.333. The minimum atomic E-state index is -0.489. The average Bonchev–Trinajstić information content (AvgIpc) is 3.61. The third kappa shape index (κ3) is 4.89. The number of phenols is 1. The SMILES string of the molecule is Cc1ncc(-c2cc(F)cc(-c3ccc(-n4ccn(C)c4=O)c(Cl)c3)c2O)cc1N1CCN(C2CCOC2)CC1. The Morgan fingerprint density at radius 2 is 1.77 bits per heavy atom. The quantitative estimate of drug-likeness (QED) is 0.382. The van der Waals surface area contributed by atoms with Gasteiger partial charge in [0.1, 0.15) is 11.6 Å². The van der Waals surface area contributed by atoms with Gasteiger partial charge in [-0.1, -0.05) is 17.7 Å². The van der Waals surface area contributed by atoms with E-state index in [9.17, 15) is 14.3 Å². The first-order valence-corrected chi connectivity index (χ1v) is 13.8. The van der Waals surface area contributed by atoms with Gasteiger partial charge in [0.2, 0.25) is 0 Å². The van der Waals surface area contributed by atoms with Crippen molar-refractivity contribution in [2.45, 2.75) is 19.4 Å². The standard InChI is InChI=1S/C30H31ClFN5O3/c1-19-28(36-9-7-35(8-10-36)23-5-12-40-18-23)14-21(17-33-19)25-16-22(32)15-24(29(25)38)20-3-4-27(26(31)13-20)37-11-6-34(2)30(37)39/h3-4,6,11,13-17,23,38H,5,7-10,12,18H2,1-2H3. The normalized spacial score (nSPS) is 18.0. The van der Waals surface area contributed by atoms with E-state index in [1.54, 1.807) is 43.8 Å². The predicted octanol–water partition coefficient (Wildman–Crippen LogP) is 4.62. The molecule has 2 aromatic carbocycles. The van der Waals surface area contributed by atoms with Crippen LogP contribution in [0.3, 0.4) is 0 Å². The van der Waals surface area contributed by atoms with Crippen LogP contribution >= 0.6 is 11.6 Å². The minimum Gasteiger partial charge on any atom is -0.507 e. The maximum atomic E-state index is 15.0. The molecule has 8 nitrogen and oxygen atoms in total. The lowest BCUT2D eigenvalue weighted by Gasteiger charge is -2.39. The number of anilines is 1. The monoisotopic (exact) mass is 563 g/mol. The van der Waals surface area contributed by atoms with Crippen molar-refractivity contribution in [3.8, 4) is 33.7 Å². The average molecular weight is 564 g/mol. The van der Waals surface area contributed by atoms with Crippen LogP contribution in [0.1, 0.15) is 12.1 Å². The Kier molecular flexibility index (Phi) is 7.12. The Balaban J connectivity index is 1.31.